The number of likely N-dealkylation sites (N-methyl/N-ethyl adjacent to an activating group) is 1. The number of hydrogen-bond donors (Lipinski definition) is 1. The van der Waals surface area contributed by atoms with Crippen molar-refractivity contribution in [1.82, 2.24) is 10.2 Å². The van der Waals surface area contributed by atoms with Crippen LogP contribution in [0, 0.1) is 5.82 Å². The van der Waals surface area contributed by atoms with Gasteiger partial charge in [-0.2, -0.15) is 0 Å². The molecular formula is C21H25ClFN3O4S. The molecule has 31 heavy (non-hydrogen) atoms. The zero-order valence-electron chi connectivity index (χ0n) is 17.5. The van der Waals surface area contributed by atoms with Crippen molar-refractivity contribution in [2.45, 2.75) is 26.4 Å². The Balaban J connectivity index is 2.38. The minimum Gasteiger partial charge on any atom is -0.355 e. The molecule has 0 spiro atoms. The zero-order chi connectivity index (χ0) is 23.2. The lowest BCUT2D eigenvalue weighted by atomic mass is 10.1. The summed E-state index contributed by atoms with van der Waals surface area (Å²) < 4.78 is 39.2. The Hall–Kier alpha value is -2.65. The number of anilines is 1. The average Bonchev–Trinajstić information content (AvgIpc) is 2.72. The average molecular weight is 470 g/mol. The normalized spacial score (nSPS) is 12.2. The van der Waals surface area contributed by atoms with Gasteiger partial charge >= 0.3 is 0 Å². The molecule has 0 unspecified atom stereocenters. The summed E-state index contributed by atoms with van der Waals surface area (Å²) in [5.74, 6) is -1.66. The molecule has 1 N–H and O–H groups in total. The third-order valence-electron chi connectivity index (χ3n) is 4.58. The van der Waals surface area contributed by atoms with E-state index >= 15 is 0 Å². The van der Waals surface area contributed by atoms with Gasteiger partial charge in [-0.05, 0) is 37.6 Å². The van der Waals surface area contributed by atoms with Crippen LogP contribution in [-0.4, -0.2) is 50.5 Å². The van der Waals surface area contributed by atoms with Crippen LogP contribution < -0.4 is 9.62 Å². The number of benzene rings is 2. The second-order valence-electron chi connectivity index (χ2n) is 6.95. The number of rotatable bonds is 9. The Morgan fingerprint density at radius 1 is 1.16 bits per heavy atom. The lowest BCUT2D eigenvalue weighted by Crippen LogP contribution is -2.51. The highest BCUT2D eigenvalue weighted by Crippen LogP contribution is 2.25. The smallest absolute Gasteiger partial charge is 0.244 e. The van der Waals surface area contributed by atoms with Crippen LogP contribution >= 0.6 is 11.6 Å². The molecule has 2 aromatic rings. The number of carbonyl (C=O) groups is 2. The van der Waals surface area contributed by atoms with Crippen LogP contribution in [0.3, 0.4) is 0 Å². The van der Waals surface area contributed by atoms with Gasteiger partial charge in [-0.15, -0.1) is 0 Å². The fraction of sp³-hybridized carbons (Fsp3) is 0.333. The lowest BCUT2D eigenvalue weighted by Gasteiger charge is -2.31. The first kappa shape index (κ1) is 24.6. The van der Waals surface area contributed by atoms with E-state index in [9.17, 15) is 22.4 Å². The number of halogens is 2. The molecule has 0 aliphatic carbocycles. The van der Waals surface area contributed by atoms with Crippen molar-refractivity contribution in [1.29, 1.82) is 0 Å². The molecule has 0 saturated heterocycles. The first-order valence-corrected chi connectivity index (χ1v) is 11.8. The monoisotopic (exact) mass is 469 g/mol. The Kier molecular flexibility index (Phi) is 8.41. The van der Waals surface area contributed by atoms with Gasteiger partial charge in [0.25, 0.3) is 0 Å². The van der Waals surface area contributed by atoms with Gasteiger partial charge in [0.2, 0.25) is 21.8 Å². The minimum absolute atomic E-state index is 0.0487. The Bertz CT molecular complexity index is 1030. The molecule has 2 aromatic carbocycles. The highest BCUT2D eigenvalue weighted by Gasteiger charge is 2.30. The van der Waals surface area contributed by atoms with Crippen LogP contribution in [0.25, 0.3) is 0 Å². The standard InChI is InChI=1S/C21H25ClFN3O4S/c1-4-24-21(28)15(2)25(13-16-8-6-5-7-9-16)20(27)14-26(31(3,29)30)17-10-11-19(23)18(22)12-17/h5-12,15H,4,13-14H2,1-3H3,(H,24,28)/t15-/m0/s1. The van der Waals surface area contributed by atoms with Crippen molar-refractivity contribution in [3.63, 3.8) is 0 Å². The summed E-state index contributed by atoms with van der Waals surface area (Å²) in [4.78, 5) is 26.9. The van der Waals surface area contributed by atoms with E-state index in [0.717, 1.165) is 28.3 Å². The van der Waals surface area contributed by atoms with Crippen molar-refractivity contribution >= 4 is 39.1 Å². The van der Waals surface area contributed by atoms with Crippen molar-refractivity contribution in [3.8, 4) is 0 Å². The highest BCUT2D eigenvalue weighted by molar-refractivity contribution is 7.92. The van der Waals surface area contributed by atoms with E-state index < -0.39 is 34.3 Å². The summed E-state index contributed by atoms with van der Waals surface area (Å²) in [6, 6.07) is 11.6. The van der Waals surface area contributed by atoms with Crippen molar-refractivity contribution in [3.05, 3.63) is 64.9 Å². The molecule has 168 valence electrons. The van der Waals surface area contributed by atoms with Crippen molar-refractivity contribution in [2.75, 3.05) is 23.7 Å². The Labute approximate surface area is 186 Å². The number of carbonyl (C=O) groups excluding carboxylic acids is 2. The van der Waals surface area contributed by atoms with Crippen molar-refractivity contribution in [2.24, 2.45) is 0 Å². The fourth-order valence-electron chi connectivity index (χ4n) is 2.94. The highest BCUT2D eigenvalue weighted by atomic mass is 35.5. The number of nitrogens with zero attached hydrogens (tertiary/aromatic N) is 2. The molecule has 0 heterocycles. The van der Waals surface area contributed by atoms with E-state index in [1.165, 1.54) is 11.0 Å². The largest absolute Gasteiger partial charge is 0.355 e. The van der Waals surface area contributed by atoms with E-state index in [-0.39, 0.29) is 23.2 Å². The zero-order valence-corrected chi connectivity index (χ0v) is 19.1. The molecular weight excluding hydrogens is 445 g/mol. The van der Waals surface area contributed by atoms with Gasteiger partial charge in [-0.1, -0.05) is 41.9 Å². The number of nitrogens with one attached hydrogen (secondary N) is 1. The maximum absolute atomic E-state index is 13.5. The van der Waals surface area contributed by atoms with Crippen LogP contribution in [0.1, 0.15) is 19.4 Å². The van der Waals surface area contributed by atoms with Gasteiger partial charge in [0.05, 0.1) is 17.0 Å². The third kappa shape index (κ3) is 6.67. The molecule has 7 nitrogen and oxygen atoms in total. The maximum Gasteiger partial charge on any atom is 0.244 e. The minimum atomic E-state index is -3.90. The van der Waals surface area contributed by atoms with E-state index in [1.54, 1.807) is 38.1 Å². The fourth-order valence-corrected chi connectivity index (χ4v) is 3.95. The molecule has 10 heteroatoms. The van der Waals surface area contributed by atoms with Crippen LogP contribution in [0.2, 0.25) is 5.02 Å². The summed E-state index contributed by atoms with van der Waals surface area (Å²) in [7, 11) is -3.90. The Morgan fingerprint density at radius 2 is 1.81 bits per heavy atom. The second kappa shape index (κ2) is 10.6. The summed E-state index contributed by atoms with van der Waals surface area (Å²) in [6.45, 7) is 3.26. The topological polar surface area (TPSA) is 86.8 Å². The molecule has 2 amide bonds. The molecule has 0 aliphatic rings. The molecule has 2 rings (SSSR count). The second-order valence-corrected chi connectivity index (χ2v) is 9.26. The first-order valence-electron chi connectivity index (χ1n) is 9.58. The predicted molar refractivity (Wildman–Crippen MR) is 119 cm³/mol. The number of hydrogen-bond acceptors (Lipinski definition) is 4. The summed E-state index contributed by atoms with van der Waals surface area (Å²) in [5.41, 5.74) is 0.829. The molecule has 0 saturated carbocycles. The molecule has 0 bridgehead atoms. The molecule has 0 radical (unpaired) electrons. The number of amides is 2. The Morgan fingerprint density at radius 3 is 2.35 bits per heavy atom. The van der Waals surface area contributed by atoms with E-state index in [1.807, 2.05) is 6.07 Å². The molecule has 1 atom stereocenters. The summed E-state index contributed by atoms with van der Waals surface area (Å²) >= 11 is 5.80. The van der Waals surface area contributed by atoms with Crippen LogP contribution in [-0.2, 0) is 26.2 Å². The first-order chi connectivity index (χ1) is 14.5. The lowest BCUT2D eigenvalue weighted by molar-refractivity contribution is -0.139. The van der Waals surface area contributed by atoms with E-state index in [0.29, 0.717) is 6.54 Å². The van der Waals surface area contributed by atoms with Crippen LogP contribution in [0.15, 0.2) is 48.5 Å². The SMILES string of the molecule is CCNC(=O)[C@H](C)N(Cc1ccccc1)C(=O)CN(c1ccc(F)c(Cl)c1)S(C)(=O)=O. The van der Waals surface area contributed by atoms with Gasteiger partial charge in [-0.25, -0.2) is 12.8 Å². The molecule has 0 aliphatic heterocycles. The van der Waals surface area contributed by atoms with Crippen molar-refractivity contribution < 1.29 is 22.4 Å². The molecule has 0 fully saturated rings. The number of sulfonamides is 1. The van der Waals surface area contributed by atoms with E-state index in [2.05, 4.69) is 5.32 Å². The van der Waals surface area contributed by atoms with Crippen LogP contribution in [0.5, 0.6) is 0 Å². The van der Waals surface area contributed by atoms with E-state index in [4.69, 9.17) is 11.6 Å². The molecule has 0 aromatic heterocycles. The predicted octanol–water partition coefficient (Wildman–Crippen LogP) is 2.80. The quantitative estimate of drug-likeness (QED) is 0.611. The summed E-state index contributed by atoms with van der Waals surface area (Å²) in [6.07, 6.45) is 0.937. The van der Waals surface area contributed by atoms with Crippen LogP contribution in [0.4, 0.5) is 10.1 Å². The van der Waals surface area contributed by atoms with Gasteiger partial charge in [-0.3, -0.25) is 13.9 Å². The maximum atomic E-state index is 13.5. The van der Waals surface area contributed by atoms with Gasteiger partial charge in [0.1, 0.15) is 18.4 Å². The van der Waals surface area contributed by atoms with Gasteiger partial charge < -0.3 is 10.2 Å². The van der Waals surface area contributed by atoms with Gasteiger partial charge in [0.15, 0.2) is 0 Å². The summed E-state index contributed by atoms with van der Waals surface area (Å²) in [5, 5.41) is 2.40. The van der Waals surface area contributed by atoms with Gasteiger partial charge in [0, 0.05) is 13.1 Å². The third-order valence-corrected chi connectivity index (χ3v) is 6.01.